The Morgan fingerprint density at radius 3 is 2.48 bits per heavy atom. The summed E-state index contributed by atoms with van der Waals surface area (Å²) in [5.41, 5.74) is 1.04. The molecule has 2 nitrogen and oxygen atoms in total. The second-order valence-corrected chi connectivity index (χ2v) is 14.5. The monoisotopic (exact) mass is 429 g/mol. The highest BCUT2D eigenvalue weighted by molar-refractivity contribution is 9.10. The normalized spacial score (nSPS) is 17.9. The summed E-state index contributed by atoms with van der Waals surface area (Å²) in [6, 6.07) is 4.95. The van der Waals surface area contributed by atoms with Crippen LogP contribution in [-0.4, -0.2) is 32.9 Å². The van der Waals surface area contributed by atoms with Crippen molar-refractivity contribution >= 4 is 24.2 Å². The minimum Gasteiger partial charge on any atom is -0.417 e. The Morgan fingerprint density at radius 1 is 1.24 bits per heavy atom. The van der Waals surface area contributed by atoms with Gasteiger partial charge in [0.1, 0.15) is 5.82 Å². The van der Waals surface area contributed by atoms with E-state index in [0.717, 1.165) is 42.2 Å². The maximum absolute atomic E-state index is 13.4. The van der Waals surface area contributed by atoms with E-state index in [4.69, 9.17) is 4.43 Å². The maximum Gasteiger partial charge on any atom is 0.191 e. The molecule has 1 fully saturated rings. The van der Waals surface area contributed by atoms with Crippen LogP contribution < -0.4 is 0 Å². The fourth-order valence-electron chi connectivity index (χ4n) is 3.04. The third-order valence-corrected chi connectivity index (χ3v) is 11.2. The number of likely N-dealkylation sites (tertiary alicyclic amines) is 1. The van der Waals surface area contributed by atoms with Crippen LogP contribution in [0.1, 0.15) is 45.6 Å². The standard InChI is InChI=1S/C20H33BrFNOSi/c1-20(2,3)25(4,5)24-13-10-16-8-11-23(12-9-16)15-17-14-18(22)6-7-19(17)21/h6-7,14,16H,8-13,15H2,1-5H3. The minimum absolute atomic E-state index is 0.157. The first-order valence-corrected chi connectivity index (χ1v) is 13.1. The molecule has 1 saturated heterocycles. The van der Waals surface area contributed by atoms with Crippen LogP contribution in [0.5, 0.6) is 0 Å². The van der Waals surface area contributed by atoms with Gasteiger partial charge in [-0.05, 0) is 80.2 Å². The molecule has 1 aromatic rings. The molecular weight excluding hydrogens is 397 g/mol. The van der Waals surface area contributed by atoms with E-state index in [1.165, 1.54) is 25.3 Å². The molecule has 0 atom stereocenters. The molecule has 0 saturated carbocycles. The molecule has 0 bridgehead atoms. The van der Waals surface area contributed by atoms with Crippen molar-refractivity contribution in [3.8, 4) is 0 Å². The van der Waals surface area contributed by atoms with Gasteiger partial charge in [0.05, 0.1) is 0 Å². The summed E-state index contributed by atoms with van der Waals surface area (Å²) in [7, 11) is -1.62. The lowest BCUT2D eigenvalue weighted by molar-refractivity contribution is 0.154. The van der Waals surface area contributed by atoms with Gasteiger partial charge in [-0.1, -0.05) is 36.7 Å². The lowest BCUT2D eigenvalue weighted by Crippen LogP contribution is -2.41. The van der Waals surface area contributed by atoms with Gasteiger partial charge in [0.2, 0.25) is 0 Å². The van der Waals surface area contributed by atoms with Gasteiger partial charge in [0.25, 0.3) is 0 Å². The molecule has 1 aromatic carbocycles. The van der Waals surface area contributed by atoms with E-state index >= 15 is 0 Å². The Labute approximate surface area is 162 Å². The molecule has 2 rings (SSSR count). The van der Waals surface area contributed by atoms with Crippen LogP contribution in [0.4, 0.5) is 4.39 Å². The molecule has 0 radical (unpaired) electrons. The van der Waals surface area contributed by atoms with Crippen molar-refractivity contribution in [3.63, 3.8) is 0 Å². The Kier molecular flexibility index (Phi) is 7.28. The van der Waals surface area contributed by atoms with Gasteiger partial charge in [-0.15, -0.1) is 0 Å². The molecule has 1 aliphatic heterocycles. The highest BCUT2D eigenvalue weighted by Gasteiger charge is 2.37. The van der Waals surface area contributed by atoms with Gasteiger partial charge < -0.3 is 4.43 Å². The van der Waals surface area contributed by atoms with Gasteiger partial charge in [0.15, 0.2) is 8.32 Å². The number of piperidine rings is 1. The van der Waals surface area contributed by atoms with Crippen molar-refractivity contribution in [2.45, 2.75) is 64.7 Å². The first kappa shape index (κ1) is 21.1. The fourth-order valence-corrected chi connectivity index (χ4v) is 4.47. The predicted molar refractivity (Wildman–Crippen MR) is 110 cm³/mol. The van der Waals surface area contributed by atoms with Crippen LogP contribution in [0.3, 0.4) is 0 Å². The topological polar surface area (TPSA) is 12.5 Å². The lowest BCUT2D eigenvalue weighted by Gasteiger charge is -2.37. The van der Waals surface area contributed by atoms with Gasteiger partial charge >= 0.3 is 0 Å². The van der Waals surface area contributed by atoms with Crippen LogP contribution in [0.15, 0.2) is 22.7 Å². The van der Waals surface area contributed by atoms with E-state index in [-0.39, 0.29) is 10.9 Å². The average molecular weight is 430 g/mol. The van der Waals surface area contributed by atoms with Gasteiger partial charge in [-0.2, -0.15) is 0 Å². The van der Waals surface area contributed by atoms with E-state index in [1.807, 2.05) is 0 Å². The summed E-state index contributed by atoms with van der Waals surface area (Å²) in [4.78, 5) is 2.44. The van der Waals surface area contributed by atoms with Crippen LogP contribution in [-0.2, 0) is 11.0 Å². The molecule has 5 heteroatoms. The lowest BCUT2D eigenvalue weighted by atomic mass is 9.94. The first-order chi connectivity index (χ1) is 11.6. The number of hydrogen-bond acceptors (Lipinski definition) is 2. The molecule has 1 heterocycles. The second-order valence-electron chi connectivity index (χ2n) is 8.85. The molecule has 0 unspecified atom stereocenters. The Hall–Kier alpha value is -0.233. The minimum atomic E-state index is -1.62. The Morgan fingerprint density at radius 2 is 1.88 bits per heavy atom. The van der Waals surface area contributed by atoms with Crippen LogP contribution in [0.2, 0.25) is 18.1 Å². The van der Waals surface area contributed by atoms with Gasteiger partial charge in [0, 0.05) is 17.6 Å². The number of hydrogen-bond donors (Lipinski definition) is 0. The van der Waals surface area contributed by atoms with Gasteiger partial charge in [-0.3, -0.25) is 4.90 Å². The smallest absolute Gasteiger partial charge is 0.191 e. The molecule has 0 N–H and O–H groups in total. The van der Waals surface area contributed by atoms with Crippen LogP contribution >= 0.6 is 15.9 Å². The molecule has 0 aromatic heterocycles. The molecule has 0 amide bonds. The molecule has 142 valence electrons. The maximum atomic E-state index is 13.4. The van der Waals surface area contributed by atoms with Crippen molar-refractivity contribution < 1.29 is 8.82 Å². The summed E-state index contributed by atoms with van der Waals surface area (Å²) in [6.07, 6.45) is 3.60. The summed E-state index contributed by atoms with van der Waals surface area (Å²) in [6.45, 7) is 15.4. The van der Waals surface area contributed by atoms with E-state index < -0.39 is 8.32 Å². The molecule has 1 aliphatic rings. The second kappa shape index (κ2) is 8.64. The Balaban J connectivity index is 1.74. The van der Waals surface area contributed by atoms with Gasteiger partial charge in [-0.25, -0.2) is 4.39 Å². The summed E-state index contributed by atoms with van der Waals surface area (Å²) >= 11 is 3.53. The third-order valence-electron chi connectivity index (χ3n) is 5.90. The fraction of sp³-hybridized carbons (Fsp3) is 0.700. The summed E-state index contributed by atoms with van der Waals surface area (Å²) < 4.78 is 20.8. The van der Waals surface area contributed by atoms with Crippen molar-refractivity contribution in [2.75, 3.05) is 19.7 Å². The number of halogens is 2. The largest absolute Gasteiger partial charge is 0.417 e. The zero-order valence-electron chi connectivity index (χ0n) is 16.4. The van der Waals surface area contributed by atoms with Crippen molar-refractivity contribution in [1.82, 2.24) is 4.90 Å². The van der Waals surface area contributed by atoms with E-state index in [2.05, 4.69) is 54.7 Å². The van der Waals surface area contributed by atoms with E-state index in [9.17, 15) is 4.39 Å². The average Bonchev–Trinajstić information content (AvgIpc) is 2.51. The molecule has 0 aliphatic carbocycles. The van der Waals surface area contributed by atoms with Crippen LogP contribution in [0, 0.1) is 11.7 Å². The summed E-state index contributed by atoms with van der Waals surface area (Å²) in [5.74, 6) is 0.604. The Bertz CT molecular complexity index is 565. The first-order valence-electron chi connectivity index (χ1n) is 9.39. The molecule has 25 heavy (non-hydrogen) atoms. The van der Waals surface area contributed by atoms with Crippen LogP contribution in [0.25, 0.3) is 0 Å². The quantitative estimate of drug-likeness (QED) is 0.498. The van der Waals surface area contributed by atoms with Crippen molar-refractivity contribution in [2.24, 2.45) is 5.92 Å². The SMILES string of the molecule is CC(C)(C)[Si](C)(C)OCCC1CCN(Cc2cc(F)ccc2Br)CC1. The zero-order valence-corrected chi connectivity index (χ0v) is 19.0. The highest BCUT2D eigenvalue weighted by atomic mass is 79.9. The summed E-state index contributed by atoms with van der Waals surface area (Å²) in [5, 5.41) is 0.286. The third kappa shape index (κ3) is 6.16. The predicted octanol–water partition coefficient (Wildman–Crippen LogP) is 6.21. The highest BCUT2D eigenvalue weighted by Crippen LogP contribution is 2.37. The molecule has 0 spiro atoms. The van der Waals surface area contributed by atoms with Crippen molar-refractivity contribution in [3.05, 3.63) is 34.1 Å². The zero-order chi connectivity index (χ0) is 18.7. The van der Waals surface area contributed by atoms with E-state index in [0.29, 0.717) is 0 Å². The molecular formula is C20H33BrFNOSi. The number of rotatable bonds is 6. The number of benzene rings is 1. The van der Waals surface area contributed by atoms with Crippen molar-refractivity contribution in [1.29, 1.82) is 0 Å². The number of nitrogens with zero attached hydrogens (tertiary/aromatic N) is 1. The van der Waals surface area contributed by atoms with E-state index in [1.54, 1.807) is 12.1 Å².